The topological polar surface area (TPSA) is 66.0 Å². The molecule has 2 N–H and O–H groups in total. The highest BCUT2D eigenvalue weighted by molar-refractivity contribution is 5.93. The molecule has 0 heterocycles. The molecule has 0 aliphatic heterocycles. The van der Waals surface area contributed by atoms with Crippen molar-refractivity contribution in [3.63, 3.8) is 0 Å². The second kappa shape index (κ2) is 10.6. The van der Waals surface area contributed by atoms with E-state index in [0.29, 0.717) is 31.0 Å². The van der Waals surface area contributed by atoms with Gasteiger partial charge in [0.1, 0.15) is 6.61 Å². The van der Waals surface area contributed by atoms with E-state index in [9.17, 15) is 18.0 Å². The van der Waals surface area contributed by atoms with Crippen molar-refractivity contribution in [2.75, 3.05) is 40.9 Å². The number of amides is 1. The van der Waals surface area contributed by atoms with Gasteiger partial charge in [0.25, 0.3) is 5.91 Å². The second-order valence-electron chi connectivity index (χ2n) is 5.77. The highest BCUT2D eigenvalue weighted by atomic mass is 19.4. The average Bonchev–Trinajstić information content (AvgIpc) is 2.59. The third-order valence-corrected chi connectivity index (χ3v) is 3.31. The zero-order chi connectivity index (χ0) is 19.6. The van der Waals surface area contributed by atoms with Gasteiger partial charge in [-0.1, -0.05) is 12.1 Å². The molecule has 0 bridgehead atoms. The molecule has 1 aromatic carbocycles. The van der Waals surface area contributed by atoms with Crippen molar-refractivity contribution in [1.29, 1.82) is 0 Å². The normalized spacial score (nSPS) is 12.0. The lowest BCUT2D eigenvalue weighted by Gasteiger charge is -2.13. The fourth-order valence-electron chi connectivity index (χ4n) is 2.00. The fraction of sp³-hybridized carbons (Fsp3) is 0.529. The number of rotatable bonds is 8. The minimum absolute atomic E-state index is 0.0187. The Hall–Kier alpha value is -2.29. The number of carbonyl (C=O) groups excluding carboxylic acids is 1. The van der Waals surface area contributed by atoms with Crippen molar-refractivity contribution in [2.45, 2.75) is 19.1 Å². The summed E-state index contributed by atoms with van der Waals surface area (Å²) in [5.41, 5.74) is 1.58. The first-order valence-electron chi connectivity index (χ1n) is 8.12. The summed E-state index contributed by atoms with van der Waals surface area (Å²) in [5.74, 6) is 0.476. The van der Waals surface area contributed by atoms with Gasteiger partial charge in [-0.25, -0.2) is 0 Å². The monoisotopic (exact) mass is 374 g/mol. The van der Waals surface area contributed by atoms with Crippen LogP contribution in [0.15, 0.2) is 29.3 Å². The third-order valence-electron chi connectivity index (χ3n) is 3.31. The molecule has 1 rings (SSSR count). The average molecular weight is 374 g/mol. The van der Waals surface area contributed by atoms with Crippen LogP contribution in [0.1, 0.15) is 22.3 Å². The van der Waals surface area contributed by atoms with Gasteiger partial charge < -0.3 is 20.3 Å². The van der Waals surface area contributed by atoms with Crippen LogP contribution in [0.2, 0.25) is 0 Å². The number of carbonyl (C=O) groups is 1. The van der Waals surface area contributed by atoms with Gasteiger partial charge in [-0.2, -0.15) is 13.2 Å². The van der Waals surface area contributed by atoms with Crippen molar-refractivity contribution < 1.29 is 22.7 Å². The molecule has 0 fully saturated rings. The van der Waals surface area contributed by atoms with Gasteiger partial charge in [0, 0.05) is 46.4 Å². The number of guanidine groups is 1. The number of nitrogens with one attached hydrogen (secondary N) is 2. The summed E-state index contributed by atoms with van der Waals surface area (Å²) in [5, 5.41) is 6.09. The van der Waals surface area contributed by atoms with Crippen LogP contribution in [-0.4, -0.2) is 63.8 Å². The Bertz CT molecular complexity index is 587. The summed E-state index contributed by atoms with van der Waals surface area (Å²) in [6.07, 6.45) is -3.87. The van der Waals surface area contributed by atoms with Gasteiger partial charge in [0.05, 0.1) is 0 Å². The summed E-state index contributed by atoms with van der Waals surface area (Å²) >= 11 is 0. The van der Waals surface area contributed by atoms with Crippen molar-refractivity contribution in [1.82, 2.24) is 15.5 Å². The van der Waals surface area contributed by atoms with Crippen LogP contribution in [0.5, 0.6) is 0 Å². The van der Waals surface area contributed by atoms with Gasteiger partial charge in [-0.3, -0.25) is 9.79 Å². The van der Waals surface area contributed by atoms with Crippen LogP contribution < -0.4 is 10.6 Å². The SMILES string of the molecule is CN=C(NCCCOCC(F)(F)F)NCc1ccc(C(=O)N(C)C)cc1. The first-order valence-corrected chi connectivity index (χ1v) is 8.12. The molecule has 0 aliphatic rings. The standard InChI is InChI=1S/C17H25F3N4O2/c1-21-16(22-9-4-10-26-12-17(18,19)20)23-11-13-5-7-14(8-6-13)15(25)24(2)3/h5-8H,4,9-12H2,1-3H3,(H2,21,22,23). The zero-order valence-corrected chi connectivity index (χ0v) is 15.2. The number of nitrogens with zero attached hydrogens (tertiary/aromatic N) is 2. The highest BCUT2D eigenvalue weighted by Crippen LogP contribution is 2.14. The van der Waals surface area contributed by atoms with E-state index in [1.54, 1.807) is 33.3 Å². The number of hydrogen-bond donors (Lipinski definition) is 2. The van der Waals surface area contributed by atoms with Gasteiger partial charge >= 0.3 is 6.18 Å². The molecule has 1 aromatic rings. The Balaban J connectivity index is 2.30. The van der Waals surface area contributed by atoms with Crippen molar-refractivity contribution in [3.8, 4) is 0 Å². The summed E-state index contributed by atoms with van der Waals surface area (Å²) in [7, 11) is 5.00. The minimum atomic E-state index is -4.29. The predicted molar refractivity (Wildman–Crippen MR) is 94.2 cm³/mol. The molecule has 9 heteroatoms. The summed E-state index contributed by atoms with van der Waals surface area (Å²) in [6, 6.07) is 7.21. The summed E-state index contributed by atoms with van der Waals surface area (Å²) in [4.78, 5) is 17.4. The molecule has 0 saturated carbocycles. The first kappa shape index (κ1) is 21.8. The minimum Gasteiger partial charge on any atom is -0.372 e. The first-order chi connectivity index (χ1) is 12.2. The molecule has 146 valence electrons. The van der Waals surface area contributed by atoms with E-state index >= 15 is 0 Å². The highest BCUT2D eigenvalue weighted by Gasteiger charge is 2.27. The molecule has 0 radical (unpaired) electrons. The maximum absolute atomic E-state index is 11.9. The van der Waals surface area contributed by atoms with E-state index in [4.69, 9.17) is 0 Å². The molecule has 0 atom stereocenters. The number of hydrogen-bond acceptors (Lipinski definition) is 3. The van der Waals surface area contributed by atoms with Crippen molar-refractivity contribution in [3.05, 3.63) is 35.4 Å². The maximum atomic E-state index is 11.9. The Morgan fingerprint density at radius 2 is 1.85 bits per heavy atom. The van der Waals surface area contributed by atoms with Gasteiger partial charge in [0.2, 0.25) is 0 Å². The molecular weight excluding hydrogens is 349 g/mol. The molecular formula is C17H25F3N4O2. The number of alkyl halides is 3. The van der Waals surface area contributed by atoms with Gasteiger partial charge in [-0.05, 0) is 24.1 Å². The van der Waals surface area contributed by atoms with Crippen LogP contribution in [0, 0.1) is 0 Å². The Kier molecular flexibility index (Phi) is 8.91. The fourth-order valence-corrected chi connectivity index (χ4v) is 2.00. The van der Waals surface area contributed by atoms with Crippen LogP contribution in [-0.2, 0) is 11.3 Å². The van der Waals surface area contributed by atoms with Gasteiger partial charge in [0.15, 0.2) is 5.96 Å². The lowest BCUT2D eigenvalue weighted by molar-refractivity contribution is -0.173. The Labute approximate surface area is 151 Å². The predicted octanol–water partition coefficient (Wildman–Crippen LogP) is 2.02. The Morgan fingerprint density at radius 1 is 1.19 bits per heavy atom. The van der Waals surface area contributed by atoms with E-state index < -0.39 is 12.8 Å². The van der Waals surface area contributed by atoms with E-state index in [2.05, 4.69) is 20.4 Å². The molecule has 26 heavy (non-hydrogen) atoms. The van der Waals surface area contributed by atoms with E-state index in [1.165, 1.54) is 4.90 Å². The van der Waals surface area contributed by atoms with Crippen molar-refractivity contribution >= 4 is 11.9 Å². The molecule has 0 unspecified atom stereocenters. The quantitative estimate of drug-likeness (QED) is 0.415. The summed E-state index contributed by atoms with van der Waals surface area (Å²) in [6.45, 7) is -0.272. The molecule has 0 spiro atoms. The van der Waals surface area contributed by atoms with Crippen LogP contribution in [0.3, 0.4) is 0 Å². The maximum Gasteiger partial charge on any atom is 0.411 e. The molecule has 0 aromatic heterocycles. The lowest BCUT2D eigenvalue weighted by Crippen LogP contribution is -2.37. The number of aliphatic imine (C=N–C) groups is 1. The van der Waals surface area contributed by atoms with Crippen LogP contribution in [0.25, 0.3) is 0 Å². The Morgan fingerprint density at radius 3 is 2.38 bits per heavy atom. The summed E-state index contributed by atoms with van der Waals surface area (Å²) < 4.78 is 40.3. The van der Waals surface area contributed by atoms with Gasteiger partial charge in [-0.15, -0.1) is 0 Å². The number of halogens is 3. The van der Waals surface area contributed by atoms with E-state index in [0.717, 1.165) is 5.56 Å². The molecule has 0 aliphatic carbocycles. The third kappa shape index (κ3) is 8.70. The lowest BCUT2D eigenvalue weighted by atomic mass is 10.1. The molecule has 6 nitrogen and oxygen atoms in total. The van der Waals surface area contributed by atoms with Crippen LogP contribution >= 0.6 is 0 Å². The van der Waals surface area contributed by atoms with Crippen LogP contribution in [0.4, 0.5) is 13.2 Å². The molecule has 1 amide bonds. The van der Waals surface area contributed by atoms with E-state index in [-0.39, 0.29) is 12.5 Å². The zero-order valence-electron chi connectivity index (χ0n) is 15.2. The number of ether oxygens (including phenoxy) is 1. The number of benzene rings is 1. The van der Waals surface area contributed by atoms with Crippen molar-refractivity contribution in [2.24, 2.45) is 4.99 Å². The van der Waals surface area contributed by atoms with E-state index in [1.807, 2.05) is 12.1 Å². The second-order valence-corrected chi connectivity index (χ2v) is 5.77. The largest absolute Gasteiger partial charge is 0.411 e. The molecule has 0 saturated heterocycles. The smallest absolute Gasteiger partial charge is 0.372 e.